The molecule has 138 valence electrons. The summed E-state index contributed by atoms with van der Waals surface area (Å²) in [6, 6.07) is 7.42. The number of benzene rings is 1. The van der Waals surface area contributed by atoms with Gasteiger partial charge in [-0.1, -0.05) is 76.5 Å². The van der Waals surface area contributed by atoms with Gasteiger partial charge < -0.3 is 9.90 Å². The van der Waals surface area contributed by atoms with E-state index in [1.165, 1.54) is 57.1 Å². The van der Waals surface area contributed by atoms with E-state index in [9.17, 15) is 18.3 Å². The van der Waals surface area contributed by atoms with Gasteiger partial charge in [-0.25, -0.2) is 0 Å². The Hall–Kier alpha value is -0.400. The topological polar surface area (TPSA) is 94.5 Å². The van der Waals surface area contributed by atoms with Gasteiger partial charge in [0.1, 0.15) is 0 Å². The number of carboxylic acids is 1. The first-order chi connectivity index (χ1) is 11.4. The number of carbonyl (C=O) groups is 1. The van der Waals surface area contributed by atoms with E-state index < -0.39 is 16.1 Å². The molecule has 25 heavy (non-hydrogen) atoms. The number of rotatable bonds is 11. The van der Waals surface area contributed by atoms with Crippen LogP contribution in [0.3, 0.4) is 0 Å². The third-order valence-electron chi connectivity index (χ3n) is 3.53. The van der Waals surface area contributed by atoms with Crippen molar-refractivity contribution >= 4 is 16.1 Å². The molecule has 0 aliphatic carbocycles. The number of hydrogen-bond acceptors (Lipinski definition) is 4. The number of carboxylic acid groups (broad SMARTS) is 1. The summed E-state index contributed by atoms with van der Waals surface area (Å²) in [5, 5.41) is 10.1. The van der Waals surface area contributed by atoms with Gasteiger partial charge in [0.05, 0.1) is 4.90 Å². The summed E-state index contributed by atoms with van der Waals surface area (Å²) in [4.78, 5) is 10.0. The molecule has 0 radical (unpaired) electrons. The Balaban J connectivity index is 0. The zero-order valence-electron chi connectivity index (χ0n) is 15.4. The molecule has 0 aliphatic rings. The first kappa shape index (κ1) is 26.8. The van der Waals surface area contributed by atoms with E-state index >= 15 is 0 Å². The maximum atomic E-state index is 10.4. The van der Waals surface area contributed by atoms with E-state index in [0.29, 0.717) is 0 Å². The van der Waals surface area contributed by atoms with E-state index in [1.54, 1.807) is 18.2 Å². The molecule has 1 aromatic rings. The minimum absolute atomic E-state index is 0. The molecule has 0 heterocycles. The molecule has 0 saturated carbocycles. The largest absolute Gasteiger partial charge is 1.00 e. The summed E-state index contributed by atoms with van der Waals surface area (Å²) in [7, 11) is -4.00. The maximum Gasteiger partial charge on any atom is 1.00 e. The average molecular weight is 380 g/mol. The van der Waals surface area contributed by atoms with Crippen molar-refractivity contribution in [3.05, 3.63) is 30.3 Å². The third kappa shape index (κ3) is 18.2. The summed E-state index contributed by atoms with van der Waals surface area (Å²) in [5.41, 5.74) is 0. The van der Waals surface area contributed by atoms with Gasteiger partial charge >= 0.3 is 29.6 Å². The van der Waals surface area contributed by atoms with E-state index in [2.05, 4.69) is 6.92 Å². The molecule has 5 nitrogen and oxygen atoms in total. The summed E-state index contributed by atoms with van der Waals surface area (Å²) in [5.74, 6) is -0.909. The fourth-order valence-electron chi connectivity index (χ4n) is 2.17. The van der Waals surface area contributed by atoms with Gasteiger partial charge in [-0.05, 0) is 25.0 Å². The smallest absolute Gasteiger partial charge is 0.550 e. The number of aliphatic carboxylic acids is 1. The van der Waals surface area contributed by atoms with Crippen LogP contribution in [0.5, 0.6) is 0 Å². The zero-order chi connectivity index (χ0) is 18.3. The molecule has 0 atom stereocenters. The maximum absolute atomic E-state index is 10.4. The van der Waals surface area contributed by atoms with Crippen molar-refractivity contribution in [3.8, 4) is 0 Å². The van der Waals surface area contributed by atoms with Crippen LogP contribution in [-0.2, 0) is 14.9 Å². The second kappa shape index (κ2) is 17.0. The van der Waals surface area contributed by atoms with Crippen molar-refractivity contribution in [3.63, 3.8) is 0 Å². The van der Waals surface area contributed by atoms with E-state index in [-0.39, 0.29) is 40.9 Å². The average Bonchev–Trinajstić information content (AvgIpc) is 2.54. The van der Waals surface area contributed by atoms with Crippen LogP contribution < -0.4 is 34.7 Å². The number of hydrogen-bond donors (Lipinski definition) is 1. The Kier molecular flexibility index (Phi) is 18.3. The summed E-state index contributed by atoms with van der Waals surface area (Å²) >= 11 is 0. The van der Waals surface area contributed by atoms with Crippen molar-refractivity contribution in [1.29, 1.82) is 0 Å². The van der Waals surface area contributed by atoms with Gasteiger partial charge in [0.15, 0.2) is 0 Å². The fraction of sp³-hybridized carbons (Fsp3) is 0.611. The van der Waals surface area contributed by atoms with Gasteiger partial charge in [-0.15, -0.1) is 0 Å². The molecule has 1 N–H and O–H groups in total. The van der Waals surface area contributed by atoms with Crippen LogP contribution in [0.1, 0.15) is 71.1 Å². The van der Waals surface area contributed by atoms with Crippen LogP contribution in [0, 0.1) is 0 Å². The molecular formula is C18H29NaO5S. The zero-order valence-corrected chi connectivity index (χ0v) is 18.3. The molecule has 7 heteroatoms. The van der Waals surface area contributed by atoms with Crippen molar-refractivity contribution < 1.29 is 52.4 Å². The van der Waals surface area contributed by atoms with E-state index in [4.69, 9.17) is 4.55 Å². The number of carbonyl (C=O) groups excluding carboxylic acids is 1. The quantitative estimate of drug-likeness (QED) is 0.345. The minimum atomic E-state index is -4.00. The molecule has 0 saturated heterocycles. The first-order valence-electron chi connectivity index (χ1n) is 8.60. The Morgan fingerprint density at radius 3 is 1.72 bits per heavy atom. The Bertz CT molecular complexity index is 532. The van der Waals surface area contributed by atoms with Crippen LogP contribution in [-0.4, -0.2) is 18.9 Å². The van der Waals surface area contributed by atoms with E-state index in [0.717, 1.165) is 12.8 Å². The molecule has 0 aliphatic heterocycles. The monoisotopic (exact) mass is 380 g/mol. The summed E-state index contributed by atoms with van der Waals surface area (Å²) < 4.78 is 29.2. The van der Waals surface area contributed by atoms with Crippen molar-refractivity contribution in [2.24, 2.45) is 0 Å². The Morgan fingerprint density at radius 1 is 0.920 bits per heavy atom. The molecule has 0 spiro atoms. The van der Waals surface area contributed by atoms with Crippen LogP contribution in [0.4, 0.5) is 0 Å². The van der Waals surface area contributed by atoms with Crippen molar-refractivity contribution in [2.75, 3.05) is 0 Å². The Labute approximate surface area is 174 Å². The summed E-state index contributed by atoms with van der Waals surface area (Å²) in [6.45, 7) is 2.22. The molecule has 0 aromatic heterocycles. The van der Waals surface area contributed by atoms with Crippen molar-refractivity contribution in [1.82, 2.24) is 0 Å². The Morgan fingerprint density at radius 2 is 1.36 bits per heavy atom. The van der Waals surface area contributed by atoms with Gasteiger partial charge in [-0.3, -0.25) is 4.55 Å². The second-order valence-corrected chi connectivity index (χ2v) is 7.16. The SMILES string of the molecule is CCCCCCCCCCCC(=O)[O-].O=S(=O)(O)c1ccccc1.[Na+]. The fourth-order valence-corrected chi connectivity index (χ4v) is 2.67. The van der Waals surface area contributed by atoms with Gasteiger partial charge in [0.25, 0.3) is 10.1 Å². The van der Waals surface area contributed by atoms with Crippen LogP contribution in [0.2, 0.25) is 0 Å². The molecular weight excluding hydrogens is 351 g/mol. The standard InChI is InChI=1S/C12H24O2.C6H6O3S.Na/c1-2-3-4-5-6-7-8-9-10-11-12(13)14;7-10(8,9)6-4-2-1-3-5-6;/h2-11H2,1H3,(H,13,14);1-5H,(H,7,8,9);/q;;+1/p-1. The van der Waals surface area contributed by atoms with Crippen molar-refractivity contribution in [2.45, 2.75) is 76.0 Å². The molecule has 0 bridgehead atoms. The predicted molar refractivity (Wildman–Crippen MR) is 93.1 cm³/mol. The molecule has 1 aromatic carbocycles. The molecule has 0 amide bonds. The molecule has 0 fully saturated rings. The first-order valence-corrected chi connectivity index (χ1v) is 10.0. The van der Waals surface area contributed by atoms with E-state index in [1.807, 2.05) is 0 Å². The van der Waals surface area contributed by atoms with Gasteiger partial charge in [0.2, 0.25) is 0 Å². The van der Waals surface area contributed by atoms with Gasteiger partial charge in [-0.2, -0.15) is 8.42 Å². The predicted octanol–water partition coefficient (Wildman–Crippen LogP) is 0.595. The van der Waals surface area contributed by atoms with Crippen LogP contribution >= 0.6 is 0 Å². The summed E-state index contributed by atoms with van der Waals surface area (Å²) in [6.07, 6.45) is 11.2. The normalized spacial score (nSPS) is 10.3. The minimum Gasteiger partial charge on any atom is -0.550 e. The van der Waals surface area contributed by atoms with Crippen LogP contribution in [0.15, 0.2) is 35.2 Å². The van der Waals surface area contributed by atoms with Gasteiger partial charge in [0, 0.05) is 5.97 Å². The third-order valence-corrected chi connectivity index (χ3v) is 4.39. The molecule has 1 rings (SSSR count). The number of unbranched alkanes of at least 4 members (excludes halogenated alkanes) is 8. The second-order valence-electron chi connectivity index (χ2n) is 5.74. The van der Waals surface area contributed by atoms with Crippen LogP contribution in [0.25, 0.3) is 0 Å². The molecule has 0 unspecified atom stereocenters.